The molecule has 4 rings (SSSR count). The lowest BCUT2D eigenvalue weighted by Gasteiger charge is -2.11. The van der Waals surface area contributed by atoms with Crippen LogP contribution in [0.1, 0.15) is 43.0 Å². The Kier molecular flexibility index (Phi) is 3.79. The Morgan fingerprint density at radius 2 is 2.12 bits per heavy atom. The fourth-order valence-electron chi connectivity index (χ4n) is 3.90. The molecule has 0 saturated heterocycles. The van der Waals surface area contributed by atoms with Gasteiger partial charge in [-0.2, -0.15) is 4.98 Å². The van der Waals surface area contributed by atoms with E-state index in [2.05, 4.69) is 15.5 Å². The number of aldehydes is 1. The lowest BCUT2D eigenvalue weighted by atomic mass is 9.95. The van der Waals surface area contributed by atoms with E-state index in [9.17, 15) is 9.59 Å². The van der Waals surface area contributed by atoms with Gasteiger partial charge in [-0.05, 0) is 43.6 Å². The van der Waals surface area contributed by atoms with Crippen LogP contribution in [-0.4, -0.2) is 22.3 Å². The normalized spacial score (nSPS) is 23.8. The molecule has 2 aromatic rings. The van der Waals surface area contributed by atoms with Crippen molar-refractivity contribution in [1.29, 1.82) is 0 Å². The fraction of sp³-hybridized carbons (Fsp3) is 0.556. The van der Waals surface area contributed by atoms with E-state index in [4.69, 9.17) is 4.52 Å². The summed E-state index contributed by atoms with van der Waals surface area (Å²) in [6.07, 6.45) is 5.16. The largest absolute Gasteiger partial charge is 0.334 e. The van der Waals surface area contributed by atoms with Crippen LogP contribution in [0, 0.1) is 24.2 Å². The van der Waals surface area contributed by atoms with E-state index in [-0.39, 0.29) is 23.2 Å². The maximum absolute atomic E-state index is 12.7. The number of amides is 1. The molecule has 1 amide bonds. The molecule has 2 aliphatic carbocycles. The molecular formula is C18H21N3O3S. The van der Waals surface area contributed by atoms with Gasteiger partial charge >= 0.3 is 0 Å². The fourth-order valence-corrected chi connectivity index (χ4v) is 5.19. The zero-order valence-electron chi connectivity index (χ0n) is 14.6. The van der Waals surface area contributed by atoms with Gasteiger partial charge in [0.2, 0.25) is 5.91 Å². The average Bonchev–Trinajstić information content (AvgIpc) is 2.88. The highest BCUT2D eigenvalue weighted by molar-refractivity contribution is 7.17. The number of hydrogen-bond acceptors (Lipinski definition) is 6. The average molecular weight is 359 g/mol. The minimum atomic E-state index is -0.276. The first kappa shape index (κ1) is 16.4. The number of aromatic nitrogens is 2. The maximum atomic E-state index is 12.7. The number of aryl methyl sites for hydroxylation is 2. The molecule has 2 unspecified atom stereocenters. The molecule has 2 heterocycles. The molecule has 2 atom stereocenters. The van der Waals surface area contributed by atoms with Crippen molar-refractivity contribution in [1.82, 2.24) is 10.1 Å². The smallest absolute Gasteiger partial charge is 0.261 e. The molecule has 1 saturated carbocycles. The predicted molar refractivity (Wildman–Crippen MR) is 94.4 cm³/mol. The topological polar surface area (TPSA) is 85.1 Å². The predicted octanol–water partition coefficient (Wildman–Crippen LogP) is 3.39. The van der Waals surface area contributed by atoms with E-state index in [1.165, 1.54) is 10.4 Å². The summed E-state index contributed by atoms with van der Waals surface area (Å²) < 4.78 is 5.39. The summed E-state index contributed by atoms with van der Waals surface area (Å²) in [5, 5.41) is 7.72. The van der Waals surface area contributed by atoms with Crippen LogP contribution in [0.15, 0.2) is 4.52 Å². The van der Waals surface area contributed by atoms with Gasteiger partial charge in [0.15, 0.2) is 5.82 Å². The summed E-state index contributed by atoms with van der Waals surface area (Å²) in [6, 6.07) is 0. The molecule has 7 heteroatoms. The Morgan fingerprint density at radius 3 is 2.76 bits per heavy atom. The second-order valence-corrected chi connectivity index (χ2v) is 8.62. The molecule has 1 fully saturated rings. The van der Waals surface area contributed by atoms with Gasteiger partial charge in [0.25, 0.3) is 5.89 Å². The zero-order valence-corrected chi connectivity index (χ0v) is 15.4. The van der Waals surface area contributed by atoms with Gasteiger partial charge in [0.1, 0.15) is 11.3 Å². The van der Waals surface area contributed by atoms with Gasteiger partial charge < -0.3 is 14.6 Å². The maximum Gasteiger partial charge on any atom is 0.261 e. The minimum absolute atomic E-state index is 0.0989. The van der Waals surface area contributed by atoms with Crippen molar-refractivity contribution in [3.8, 4) is 11.5 Å². The van der Waals surface area contributed by atoms with E-state index in [1.54, 1.807) is 18.3 Å². The van der Waals surface area contributed by atoms with Crippen LogP contribution >= 0.6 is 11.3 Å². The Bertz CT molecular complexity index is 852. The Labute approximate surface area is 150 Å². The lowest BCUT2D eigenvalue weighted by Crippen LogP contribution is -2.16. The number of rotatable bonds is 4. The second-order valence-electron chi connectivity index (χ2n) is 7.51. The summed E-state index contributed by atoms with van der Waals surface area (Å²) in [5.74, 6) is 0.456. The molecule has 2 aromatic heterocycles. The van der Waals surface area contributed by atoms with Crippen molar-refractivity contribution >= 4 is 28.5 Å². The summed E-state index contributed by atoms with van der Waals surface area (Å²) in [4.78, 5) is 29.6. The van der Waals surface area contributed by atoms with Gasteiger partial charge in [-0.25, -0.2) is 0 Å². The standard InChI is InChI=1S/C18H21N3O3S/c1-9-19-16(24-21-9)13-10-6-4-5-7-12(10)25-17(13)20-15(23)14-11(8-22)18(14,2)3/h8,11,14H,4-7H2,1-3H3,(H,20,23). The van der Waals surface area contributed by atoms with Crippen LogP contribution in [0.2, 0.25) is 0 Å². The first-order chi connectivity index (χ1) is 11.9. The molecule has 6 nitrogen and oxygen atoms in total. The van der Waals surface area contributed by atoms with Gasteiger partial charge in [-0.3, -0.25) is 4.79 Å². The quantitative estimate of drug-likeness (QED) is 0.846. The molecule has 0 aromatic carbocycles. The van der Waals surface area contributed by atoms with E-state index >= 15 is 0 Å². The van der Waals surface area contributed by atoms with Gasteiger partial charge in [0.05, 0.1) is 11.5 Å². The van der Waals surface area contributed by atoms with Gasteiger partial charge in [-0.15, -0.1) is 11.3 Å². The van der Waals surface area contributed by atoms with Crippen LogP contribution in [0.25, 0.3) is 11.5 Å². The highest BCUT2D eigenvalue weighted by Crippen LogP contribution is 2.57. The Balaban J connectivity index is 1.69. The van der Waals surface area contributed by atoms with Crippen molar-refractivity contribution in [2.75, 3.05) is 5.32 Å². The number of fused-ring (bicyclic) bond motifs is 1. The number of thiophene rings is 1. The lowest BCUT2D eigenvalue weighted by molar-refractivity contribution is -0.119. The highest BCUT2D eigenvalue weighted by atomic mass is 32.1. The van der Waals surface area contributed by atoms with Crippen LogP contribution < -0.4 is 5.32 Å². The summed E-state index contributed by atoms with van der Waals surface area (Å²) in [7, 11) is 0. The first-order valence-corrected chi connectivity index (χ1v) is 9.46. The molecule has 1 N–H and O–H groups in total. The highest BCUT2D eigenvalue weighted by Gasteiger charge is 2.61. The van der Waals surface area contributed by atoms with Crippen LogP contribution in [0.3, 0.4) is 0 Å². The molecule has 0 bridgehead atoms. The SMILES string of the molecule is Cc1noc(-c2c(NC(=O)C3C(C=O)C3(C)C)sc3c2CCCC3)n1. The zero-order chi connectivity index (χ0) is 17.8. The number of nitrogens with one attached hydrogen (secondary N) is 1. The van der Waals surface area contributed by atoms with Gasteiger partial charge in [-0.1, -0.05) is 19.0 Å². The number of hydrogen-bond donors (Lipinski definition) is 1. The van der Waals surface area contributed by atoms with Crippen molar-refractivity contribution < 1.29 is 14.1 Å². The van der Waals surface area contributed by atoms with E-state index in [0.717, 1.165) is 42.5 Å². The van der Waals surface area contributed by atoms with Gasteiger partial charge in [0, 0.05) is 10.8 Å². The summed E-state index contributed by atoms with van der Waals surface area (Å²) in [5.41, 5.74) is 1.82. The molecule has 132 valence electrons. The number of nitrogens with zero attached hydrogens (tertiary/aromatic N) is 2. The minimum Gasteiger partial charge on any atom is -0.334 e. The van der Waals surface area contributed by atoms with Crippen molar-refractivity contribution in [2.24, 2.45) is 17.3 Å². The molecular weight excluding hydrogens is 338 g/mol. The second kappa shape index (κ2) is 5.76. The van der Waals surface area contributed by atoms with E-state index < -0.39 is 0 Å². The molecule has 2 aliphatic rings. The number of carbonyl (C=O) groups excluding carboxylic acids is 2. The Morgan fingerprint density at radius 1 is 1.36 bits per heavy atom. The molecule has 25 heavy (non-hydrogen) atoms. The summed E-state index contributed by atoms with van der Waals surface area (Å²) in [6.45, 7) is 5.70. The van der Waals surface area contributed by atoms with E-state index in [1.807, 2.05) is 13.8 Å². The monoisotopic (exact) mass is 359 g/mol. The third-order valence-corrected chi connectivity index (χ3v) is 6.70. The number of carbonyl (C=O) groups is 2. The van der Waals surface area contributed by atoms with Crippen molar-refractivity contribution in [2.45, 2.75) is 46.5 Å². The third-order valence-electron chi connectivity index (χ3n) is 5.49. The Hall–Kier alpha value is -2.02. The third kappa shape index (κ3) is 2.61. The van der Waals surface area contributed by atoms with Crippen LogP contribution in [-0.2, 0) is 22.4 Å². The van der Waals surface area contributed by atoms with E-state index in [0.29, 0.717) is 11.7 Å². The number of anilines is 1. The van der Waals surface area contributed by atoms with Crippen LogP contribution in [0.5, 0.6) is 0 Å². The molecule has 0 radical (unpaired) electrons. The van der Waals surface area contributed by atoms with Crippen molar-refractivity contribution in [3.63, 3.8) is 0 Å². The molecule has 0 spiro atoms. The molecule has 0 aliphatic heterocycles. The van der Waals surface area contributed by atoms with Crippen LogP contribution in [0.4, 0.5) is 5.00 Å². The van der Waals surface area contributed by atoms with Crippen molar-refractivity contribution in [3.05, 3.63) is 16.3 Å². The summed E-state index contributed by atoms with van der Waals surface area (Å²) >= 11 is 1.60. The first-order valence-electron chi connectivity index (χ1n) is 8.65.